The second-order valence-corrected chi connectivity index (χ2v) is 7.54. The van der Waals surface area contributed by atoms with Crippen molar-refractivity contribution >= 4 is 38.9 Å². The van der Waals surface area contributed by atoms with Crippen molar-refractivity contribution in [3.8, 4) is 0 Å². The maximum atomic E-state index is 12.3. The van der Waals surface area contributed by atoms with E-state index in [0.717, 1.165) is 15.3 Å². The Morgan fingerprint density at radius 1 is 1.43 bits per heavy atom. The number of nitrogens with one attached hydrogen (secondary N) is 1. The van der Waals surface area contributed by atoms with Crippen LogP contribution in [-0.4, -0.2) is 15.9 Å². The van der Waals surface area contributed by atoms with E-state index in [1.165, 1.54) is 22.7 Å². The minimum Gasteiger partial charge on any atom is -0.454 e. The summed E-state index contributed by atoms with van der Waals surface area (Å²) in [5, 5.41) is 2.54. The molecular formula is C16H16N2O3S2. The molecule has 0 spiro atoms. The Labute approximate surface area is 141 Å². The summed E-state index contributed by atoms with van der Waals surface area (Å²) in [6.45, 7) is 5.59. The molecule has 3 aromatic heterocycles. The lowest BCUT2D eigenvalue weighted by Crippen LogP contribution is -2.17. The lowest BCUT2D eigenvalue weighted by molar-refractivity contribution is -0.148. The van der Waals surface area contributed by atoms with Crippen LogP contribution in [-0.2, 0) is 16.0 Å². The molecule has 0 fully saturated rings. The first-order valence-corrected chi connectivity index (χ1v) is 8.87. The minimum absolute atomic E-state index is 0.187. The third kappa shape index (κ3) is 3.20. The van der Waals surface area contributed by atoms with E-state index in [4.69, 9.17) is 4.74 Å². The Balaban J connectivity index is 1.82. The molecule has 0 aliphatic carbocycles. The highest BCUT2D eigenvalue weighted by Crippen LogP contribution is 2.27. The Morgan fingerprint density at radius 2 is 2.22 bits per heavy atom. The lowest BCUT2D eigenvalue weighted by atomic mass is 10.2. The summed E-state index contributed by atoms with van der Waals surface area (Å²) in [4.78, 5) is 34.1. The van der Waals surface area contributed by atoms with Gasteiger partial charge in [-0.05, 0) is 37.8 Å². The van der Waals surface area contributed by atoms with E-state index in [1.54, 1.807) is 6.92 Å². The number of hydrogen-bond donors (Lipinski definition) is 1. The van der Waals surface area contributed by atoms with Gasteiger partial charge in [-0.15, -0.1) is 22.7 Å². The summed E-state index contributed by atoms with van der Waals surface area (Å²) < 4.78 is 5.39. The fourth-order valence-corrected chi connectivity index (χ4v) is 4.04. The molecule has 3 aromatic rings. The van der Waals surface area contributed by atoms with Crippen molar-refractivity contribution in [1.82, 2.24) is 9.97 Å². The van der Waals surface area contributed by atoms with E-state index >= 15 is 0 Å². The number of fused-ring (bicyclic) bond motifs is 1. The van der Waals surface area contributed by atoms with Crippen LogP contribution in [0.4, 0.5) is 0 Å². The molecule has 7 heteroatoms. The van der Waals surface area contributed by atoms with Gasteiger partial charge in [-0.1, -0.05) is 6.07 Å². The van der Waals surface area contributed by atoms with Gasteiger partial charge in [0.05, 0.1) is 11.8 Å². The van der Waals surface area contributed by atoms with Gasteiger partial charge in [0.25, 0.3) is 5.56 Å². The first-order valence-electron chi connectivity index (χ1n) is 7.17. The molecule has 5 nitrogen and oxygen atoms in total. The van der Waals surface area contributed by atoms with E-state index in [0.29, 0.717) is 16.0 Å². The molecule has 0 saturated heterocycles. The number of carbonyl (C=O) groups excluding carboxylic acids is 1. The van der Waals surface area contributed by atoms with Crippen LogP contribution < -0.4 is 5.56 Å². The Morgan fingerprint density at radius 3 is 2.91 bits per heavy atom. The van der Waals surface area contributed by atoms with Crippen molar-refractivity contribution in [3.05, 3.63) is 49.0 Å². The summed E-state index contributed by atoms with van der Waals surface area (Å²) in [6.07, 6.45) is -0.367. The van der Waals surface area contributed by atoms with Crippen LogP contribution in [0.3, 0.4) is 0 Å². The zero-order valence-corrected chi connectivity index (χ0v) is 14.6. The van der Waals surface area contributed by atoms with Gasteiger partial charge >= 0.3 is 5.97 Å². The van der Waals surface area contributed by atoms with E-state index in [9.17, 15) is 9.59 Å². The van der Waals surface area contributed by atoms with Gasteiger partial charge in [-0.25, -0.2) is 4.98 Å². The maximum Gasteiger partial charge on any atom is 0.311 e. The van der Waals surface area contributed by atoms with Gasteiger partial charge in [0, 0.05) is 9.75 Å². The van der Waals surface area contributed by atoms with Crippen LogP contribution in [0.5, 0.6) is 0 Å². The number of ether oxygens (including phenoxy) is 1. The molecule has 0 amide bonds. The van der Waals surface area contributed by atoms with Crippen LogP contribution in [0.1, 0.15) is 34.2 Å². The van der Waals surface area contributed by atoms with Gasteiger partial charge in [-0.3, -0.25) is 9.59 Å². The number of carbonyl (C=O) groups is 1. The van der Waals surface area contributed by atoms with E-state index in [2.05, 4.69) is 9.97 Å². The molecular weight excluding hydrogens is 332 g/mol. The SMILES string of the molecule is Cc1sc2nc([C@H](C)OC(=O)Cc3cccs3)[nH]c(=O)c2c1C. The first kappa shape index (κ1) is 15.9. The molecule has 23 heavy (non-hydrogen) atoms. The minimum atomic E-state index is -0.595. The third-order valence-electron chi connectivity index (χ3n) is 3.65. The smallest absolute Gasteiger partial charge is 0.311 e. The number of esters is 1. The van der Waals surface area contributed by atoms with Crippen LogP contribution in [0.25, 0.3) is 10.2 Å². The molecule has 0 radical (unpaired) electrons. The normalized spacial score (nSPS) is 12.5. The zero-order chi connectivity index (χ0) is 16.6. The average molecular weight is 348 g/mol. The summed E-state index contributed by atoms with van der Waals surface area (Å²) in [5.74, 6) is 0.0458. The Bertz CT molecular complexity index is 909. The number of thiophene rings is 2. The molecule has 120 valence electrons. The third-order valence-corrected chi connectivity index (χ3v) is 5.63. The van der Waals surface area contributed by atoms with Crippen LogP contribution in [0.15, 0.2) is 22.3 Å². The number of aryl methyl sites for hydroxylation is 2. The molecule has 3 heterocycles. The molecule has 0 bridgehead atoms. The van der Waals surface area contributed by atoms with Gasteiger partial charge in [-0.2, -0.15) is 0 Å². The van der Waals surface area contributed by atoms with Crippen LogP contribution in [0.2, 0.25) is 0 Å². The highest BCUT2D eigenvalue weighted by atomic mass is 32.1. The largest absolute Gasteiger partial charge is 0.454 e. The number of nitrogens with zero attached hydrogens (tertiary/aromatic N) is 1. The maximum absolute atomic E-state index is 12.3. The molecule has 3 rings (SSSR count). The second kappa shape index (κ2) is 6.25. The van der Waals surface area contributed by atoms with Crippen LogP contribution >= 0.6 is 22.7 Å². The number of hydrogen-bond acceptors (Lipinski definition) is 6. The van der Waals surface area contributed by atoms with E-state index in [1.807, 2.05) is 31.4 Å². The van der Waals surface area contributed by atoms with E-state index < -0.39 is 6.10 Å². The Hall–Kier alpha value is -1.99. The summed E-state index contributed by atoms with van der Waals surface area (Å²) in [6, 6.07) is 3.78. The predicted octanol–water partition coefficient (Wildman–Crippen LogP) is 3.51. The monoisotopic (exact) mass is 348 g/mol. The summed E-state index contributed by atoms with van der Waals surface area (Å²) >= 11 is 2.99. The van der Waals surface area contributed by atoms with Crippen molar-refractivity contribution < 1.29 is 9.53 Å². The van der Waals surface area contributed by atoms with Crippen molar-refractivity contribution in [2.45, 2.75) is 33.3 Å². The second-order valence-electron chi connectivity index (χ2n) is 5.30. The van der Waals surface area contributed by atoms with Crippen molar-refractivity contribution in [3.63, 3.8) is 0 Å². The van der Waals surface area contributed by atoms with Crippen molar-refractivity contribution in [2.75, 3.05) is 0 Å². The highest BCUT2D eigenvalue weighted by Gasteiger charge is 2.18. The molecule has 1 N–H and O–H groups in total. The Kier molecular flexibility index (Phi) is 4.32. The topological polar surface area (TPSA) is 72.0 Å². The molecule has 0 unspecified atom stereocenters. The van der Waals surface area contributed by atoms with Crippen molar-refractivity contribution in [2.24, 2.45) is 0 Å². The molecule has 0 aliphatic rings. The highest BCUT2D eigenvalue weighted by molar-refractivity contribution is 7.18. The molecule has 0 aliphatic heterocycles. The molecule has 0 aromatic carbocycles. The zero-order valence-electron chi connectivity index (χ0n) is 13.0. The average Bonchev–Trinajstić information content (AvgIpc) is 3.07. The number of H-pyrrole nitrogens is 1. The first-order chi connectivity index (χ1) is 11.0. The molecule has 1 atom stereocenters. The number of rotatable bonds is 4. The van der Waals surface area contributed by atoms with E-state index in [-0.39, 0.29) is 17.9 Å². The van der Waals surface area contributed by atoms with Crippen molar-refractivity contribution in [1.29, 1.82) is 0 Å². The van der Waals surface area contributed by atoms with Gasteiger partial charge in [0.15, 0.2) is 11.9 Å². The fourth-order valence-electron chi connectivity index (χ4n) is 2.31. The number of aromatic nitrogens is 2. The van der Waals surface area contributed by atoms with Gasteiger partial charge in [0.1, 0.15) is 4.83 Å². The van der Waals surface area contributed by atoms with Gasteiger partial charge < -0.3 is 9.72 Å². The quantitative estimate of drug-likeness (QED) is 0.732. The number of aromatic amines is 1. The predicted molar refractivity (Wildman–Crippen MR) is 92.2 cm³/mol. The lowest BCUT2D eigenvalue weighted by Gasteiger charge is -2.12. The summed E-state index contributed by atoms with van der Waals surface area (Å²) in [5.41, 5.74) is 0.764. The van der Waals surface area contributed by atoms with Crippen LogP contribution in [0, 0.1) is 13.8 Å². The molecule has 0 saturated carbocycles. The van der Waals surface area contributed by atoms with Gasteiger partial charge in [0.2, 0.25) is 0 Å². The summed E-state index contributed by atoms with van der Waals surface area (Å²) in [7, 11) is 0. The standard InChI is InChI=1S/C16H16N2O3S2/c1-8-10(3)23-16-13(8)15(20)17-14(18-16)9(2)21-12(19)7-11-5-4-6-22-11/h4-6,9H,7H2,1-3H3,(H,17,18,20)/t9-/m0/s1. The fraction of sp³-hybridized carbons (Fsp3) is 0.312.